The van der Waals surface area contributed by atoms with Crippen LogP contribution in [0, 0.1) is 5.92 Å². The van der Waals surface area contributed by atoms with Crippen LogP contribution in [0.4, 0.5) is 0 Å². The Kier molecular flexibility index (Phi) is 6.34. The van der Waals surface area contributed by atoms with Gasteiger partial charge >= 0.3 is 0 Å². The van der Waals surface area contributed by atoms with Crippen molar-refractivity contribution in [2.75, 3.05) is 26.2 Å². The molecule has 1 heterocycles. The Hall–Kier alpha value is -0.770. The van der Waals surface area contributed by atoms with E-state index < -0.39 is 0 Å². The van der Waals surface area contributed by atoms with Crippen molar-refractivity contribution in [3.8, 4) is 0 Å². The first-order chi connectivity index (χ1) is 8.13. The molecule has 1 aliphatic heterocycles. The molecule has 4 nitrogen and oxygen atoms in total. The third kappa shape index (κ3) is 5.39. The van der Waals surface area contributed by atoms with Gasteiger partial charge in [0.25, 0.3) is 0 Å². The van der Waals surface area contributed by atoms with Crippen molar-refractivity contribution in [2.24, 2.45) is 16.6 Å². The van der Waals surface area contributed by atoms with Gasteiger partial charge in [0, 0.05) is 26.2 Å². The van der Waals surface area contributed by atoms with E-state index in [0.29, 0.717) is 18.0 Å². The first kappa shape index (κ1) is 14.3. The molecule has 0 radical (unpaired) electrons. The summed E-state index contributed by atoms with van der Waals surface area (Å²) in [5, 5.41) is 0. The SMILES string of the molecule is CCCOC1CCCN(C(N)=NCC(C)C)C1. The van der Waals surface area contributed by atoms with E-state index in [1.165, 1.54) is 0 Å². The summed E-state index contributed by atoms with van der Waals surface area (Å²) in [6.45, 7) is 10.0. The normalized spacial score (nSPS) is 22.2. The summed E-state index contributed by atoms with van der Waals surface area (Å²) >= 11 is 0. The second-order valence-corrected chi connectivity index (χ2v) is 5.17. The van der Waals surface area contributed by atoms with Crippen LogP contribution in [0.15, 0.2) is 4.99 Å². The molecule has 4 heteroatoms. The minimum Gasteiger partial charge on any atom is -0.376 e. The topological polar surface area (TPSA) is 50.9 Å². The maximum atomic E-state index is 6.01. The number of hydrogen-bond donors (Lipinski definition) is 1. The number of piperidine rings is 1. The molecule has 0 spiro atoms. The van der Waals surface area contributed by atoms with Gasteiger partial charge in [0.2, 0.25) is 0 Å². The van der Waals surface area contributed by atoms with Gasteiger partial charge in [-0.3, -0.25) is 4.99 Å². The summed E-state index contributed by atoms with van der Waals surface area (Å²) in [4.78, 5) is 6.59. The van der Waals surface area contributed by atoms with E-state index >= 15 is 0 Å². The lowest BCUT2D eigenvalue weighted by Crippen LogP contribution is -2.46. The van der Waals surface area contributed by atoms with E-state index in [2.05, 4.69) is 30.7 Å². The highest BCUT2D eigenvalue weighted by atomic mass is 16.5. The molecule has 100 valence electrons. The van der Waals surface area contributed by atoms with Crippen LogP contribution in [0.25, 0.3) is 0 Å². The number of hydrogen-bond acceptors (Lipinski definition) is 2. The molecule has 0 aromatic heterocycles. The van der Waals surface area contributed by atoms with E-state index in [9.17, 15) is 0 Å². The summed E-state index contributed by atoms with van der Waals surface area (Å²) in [5.41, 5.74) is 6.01. The third-order valence-corrected chi connectivity index (χ3v) is 2.88. The van der Waals surface area contributed by atoms with Gasteiger partial charge in [0.1, 0.15) is 0 Å². The number of ether oxygens (including phenoxy) is 1. The van der Waals surface area contributed by atoms with E-state index in [1.807, 2.05) is 0 Å². The Morgan fingerprint density at radius 2 is 2.29 bits per heavy atom. The molecule has 0 amide bonds. The van der Waals surface area contributed by atoms with Crippen molar-refractivity contribution >= 4 is 5.96 Å². The molecule has 1 rings (SSSR count). The Morgan fingerprint density at radius 1 is 1.53 bits per heavy atom. The molecule has 0 aromatic rings. The molecule has 0 saturated carbocycles. The monoisotopic (exact) mass is 241 g/mol. The number of rotatable bonds is 5. The molecule has 2 N–H and O–H groups in total. The predicted octanol–water partition coefficient (Wildman–Crippen LogP) is 1.85. The molecule has 0 bridgehead atoms. The summed E-state index contributed by atoms with van der Waals surface area (Å²) in [6.07, 6.45) is 3.70. The third-order valence-electron chi connectivity index (χ3n) is 2.88. The van der Waals surface area contributed by atoms with Gasteiger partial charge < -0.3 is 15.4 Å². The van der Waals surface area contributed by atoms with Gasteiger partial charge in [-0.25, -0.2) is 0 Å². The van der Waals surface area contributed by atoms with Gasteiger partial charge in [-0.1, -0.05) is 20.8 Å². The van der Waals surface area contributed by atoms with E-state index in [1.54, 1.807) is 0 Å². The molecule has 1 unspecified atom stereocenters. The summed E-state index contributed by atoms with van der Waals surface area (Å²) in [5.74, 6) is 1.24. The van der Waals surface area contributed by atoms with Crippen LogP contribution < -0.4 is 5.73 Å². The minimum absolute atomic E-state index is 0.330. The van der Waals surface area contributed by atoms with Crippen LogP contribution >= 0.6 is 0 Å². The lowest BCUT2D eigenvalue weighted by atomic mass is 10.1. The van der Waals surface area contributed by atoms with Crippen LogP contribution in [0.2, 0.25) is 0 Å². The number of likely N-dealkylation sites (tertiary alicyclic amines) is 1. The first-order valence-electron chi connectivity index (χ1n) is 6.80. The number of nitrogens with zero attached hydrogens (tertiary/aromatic N) is 2. The zero-order valence-electron chi connectivity index (χ0n) is 11.5. The van der Waals surface area contributed by atoms with Crippen molar-refractivity contribution in [1.29, 1.82) is 0 Å². The van der Waals surface area contributed by atoms with Gasteiger partial charge in [-0.2, -0.15) is 0 Å². The second kappa shape index (κ2) is 7.54. The number of guanidine groups is 1. The Morgan fingerprint density at radius 3 is 2.94 bits per heavy atom. The van der Waals surface area contributed by atoms with Crippen molar-refractivity contribution < 1.29 is 4.74 Å². The molecule has 1 atom stereocenters. The zero-order chi connectivity index (χ0) is 12.7. The Bertz CT molecular complexity index is 241. The van der Waals surface area contributed by atoms with Crippen LogP contribution in [0.3, 0.4) is 0 Å². The molecular weight excluding hydrogens is 214 g/mol. The van der Waals surface area contributed by atoms with Crippen LogP contribution in [0.1, 0.15) is 40.0 Å². The van der Waals surface area contributed by atoms with Crippen LogP contribution in [0.5, 0.6) is 0 Å². The molecule has 0 aromatic carbocycles. The molecule has 1 saturated heterocycles. The van der Waals surface area contributed by atoms with E-state index in [-0.39, 0.29) is 0 Å². The fraction of sp³-hybridized carbons (Fsp3) is 0.923. The highest BCUT2D eigenvalue weighted by molar-refractivity contribution is 5.78. The average Bonchev–Trinajstić information content (AvgIpc) is 2.33. The summed E-state index contributed by atoms with van der Waals surface area (Å²) in [7, 11) is 0. The van der Waals surface area contributed by atoms with Crippen LogP contribution in [-0.4, -0.2) is 43.2 Å². The molecule has 17 heavy (non-hydrogen) atoms. The van der Waals surface area contributed by atoms with Crippen molar-refractivity contribution in [3.63, 3.8) is 0 Å². The van der Waals surface area contributed by atoms with E-state index in [4.69, 9.17) is 10.5 Å². The van der Waals surface area contributed by atoms with E-state index in [0.717, 1.165) is 45.5 Å². The van der Waals surface area contributed by atoms with Crippen molar-refractivity contribution in [1.82, 2.24) is 4.90 Å². The summed E-state index contributed by atoms with van der Waals surface area (Å²) in [6, 6.07) is 0. The summed E-state index contributed by atoms with van der Waals surface area (Å²) < 4.78 is 5.79. The van der Waals surface area contributed by atoms with Crippen LogP contribution in [-0.2, 0) is 4.74 Å². The van der Waals surface area contributed by atoms with Crippen molar-refractivity contribution in [3.05, 3.63) is 0 Å². The molecule has 1 aliphatic rings. The maximum absolute atomic E-state index is 6.01. The lowest BCUT2D eigenvalue weighted by molar-refractivity contribution is 0.0162. The minimum atomic E-state index is 0.330. The Labute approximate surface area is 105 Å². The largest absolute Gasteiger partial charge is 0.376 e. The van der Waals surface area contributed by atoms with Crippen molar-refractivity contribution in [2.45, 2.75) is 46.1 Å². The van der Waals surface area contributed by atoms with Gasteiger partial charge in [0.15, 0.2) is 5.96 Å². The maximum Gasteiger partial charge on any atom is 0.191 e. The zero-order valence-corrected chi connectivity index (χ0v) is 11.5. The highest BCUT2D eigenvalue weighted by Crippen LogP contribution is 2.13. The second-order valence-electron chi connectivity index (χ2n) is 5.17. The molecule has 1 fully saturated rings. The number of nitrogens with two attached hydrogens (primary N) is 1. The standard InChI is InChI=1S/C13H27N3O/c1-4-8-17-12-6-5-7-16(10-12)13(14)15-9-11(2)3/h11-12H,4-10H2,1-3H3,(H2,14,15). The fourth-order valence-corrected chi connectivity index (χ4v) is 1.94. The van der Waals surface area contributed by atoms with Gasteiger partial charge in [0.05, 0.1) is 6.10 Å². The average molecular weight is 241 g/mol. The number of aliphatic imine (C=N–C) groups is 1. The quantitative estimate of drug-likeness (QED) is 0.590. The fourth-order valence-electron chi connectivity index (χ4n) is 1.94. The lowest BCUT2D eigenvalue weighted by Gasteiger charge is -2.33. The highest BCUT2D eigenvalue weighted by Gasteiger charge is 2.21. The molecule has 0 aliphatic carbocycles. The Balaban J connectivity index is 2.39. The predicted molar refractivity (Wildman–Crippen MR) is 72.2 cm³/mol. The first-order valence-corrected chi connectivity index (χ1v) is 6.80. The van der Waals surface area contributed by atoms with Gasteiger partial charge in [-0.05, 0) is 25.2 Å². The smallest absolute Gasteiger partial charge is 0.191 e. The molecular formula is C13H27N3O. The van der Waals surface area contributed by atoms with Gasteiger partial charge in [-0.15, -0.1) is 0 Å².